The molecular weight excluding hydrogens is 220 g/mol. The van der Waals surface area contributed by atoms with Crippen molar-refractivity contribution in [2.45, 2.75) is 17.3 Å². The Balaban J connectivity index is 2.18. The van der Waals surface area contributed by atoms with Crippen molar-refractivity contribution < 1.29 is 0 Å². The van der Waals surface area contributed by atoms with Crippen LogP contribution in [0.1, 0.15) is 6.92 Å². The van der Waals surface area contributed by atoms with Gasteiger partial charge in [0.2, 0.25) is 5.16 Å². The number of aromatic amines is 1. The number of benzene rings is 1. The fraction of sp³-hybridized carbons (Fsp3) is 0.182. The van der Waals surface area contributed by atoms with Crippen molar-refractivity contribution in [2.24, 2.45) is 0 Å². The summed E-state index contributed by atoms with van der Waals surface area (Å²) in [5.74, 6) is 0.730. The summed E-state index contributed by atoms with van der Waals surface area (Å²) < 4.78 is 0. The smallest absolute Gasteiger partial charge is 0.210 e. The summed E-state index contributed by atoms with van der Waals surface area (Å²) in [5, 5.41) is 16.1. The highest BCUT2D eigenvalue weighted by atomic mass is 32.2. The minimum absolute atomic E-state index is 0.139. The van der Waals surface area contributed by atoms with E-state index in [-0.39, 0.29) is 5.25 Å². The summed E-state index contributed by atoms with van der Waals surface area (Å²) in [7, 11) is 0. The zero-order chi connectivity index (χ0) is 11.4. The van der Waals surface area contributed by atoms with E-state index in [0.717, 1.165) is 11.4 Å². The van der Waals surface area contributed by atoms with Crippen molar-refractivity contribution in [3.63, 3.8) is 0 Å². The molecule has 0 amide bonds. The van der Waals surface area contributed by atoms with Gasteiger partial charge in [-0.25, -0.2) is 4.98 Å². The number of nitrogens with one attached hydrogen (secondary N) is 1. The summed E-state index contributed by atoms with van der Waals surface area (Å²) in [6.45, 7) is 1.82. The quantitative estimate of drug-likeness (QED) is 0.823. The lowest BCUT2D eigenvalue weighted by atomic mass is 10.2. The molecule has 0 radical (unpaired) electrons. The Kier molecular flexibility index (Phi) is 3.22. The highest BCUT2D eigenvalue weighted by Gasteiger charge is 2.09. The molecule has 0 aliphatic rings. The van der Waals surface area contributed by atoms with E-state index in [1.54, 1.807) is 0 Å². The first-order valence-corrected chi connectivity index (χ1v) is 5.71. The van der Waals surface area contributed by atoms with Crippen molar-refractivity contribution in [1.29, 1.82) is 5.26 Å². The number of nitriles is 1. The lowest BCUT2D eigenvalue weighted by Crippen LogP contribution is -1.90. The molecule has 2 aromatic rings. The SMILES string of the molecule is C[C@@H](C#N)Sc1n[nH]c(-c2ccccc2)n1. The van der Waals surface area contributed by atoms with E-state index in [9.17, 15) is 0 Å². The van der Waals surface area contributed by atoms with Gasteiger partial charge in [0.15, 0.2) is 5.82 Å². The van der Waals surface area contributed by atoms with Crippen LogP contribution >= 0.6 is 11.8 Å². The summed E-state index contributed by atoms with van der Waals surface area (Å²) >= 11 is 1.34. The van der Waals surface area contributed by atoms with Crippen LogP contribution in [0.5, 0.6) is 0 Å². The summed E-state index contributed by atoms with van der Waals surface area (Å²) in [6, 6.07) is 11.9. The van der Waals surface area contributed by atoms with Gasteiger partial charge < -0.3 is 0 Å². The van der Waals surface area contributed by atoms with E-state index in [4.69, 9.17) is 5.26 Å². The molecule has 0 saturated carbocycles. The number of rotatable bonds is 3. The van der Waals surface area contributed by atoms with Crippen molar-refractivity contribution in [1.82, 2.24) is 15.2 Å². The summed E-state index contributed by atoms with van der Waals surface area (Å²) in [5.41, 5.74) is 0.992. The number of thioether (sulfide) groups is 1. The summed E-state index contributed by atoms with van der Waals surface area (Å²) in [6.07, 6.45) is 0. The zero-order valence-electron chi connectivity index (χ0n) is 8.71. The van der Waals surface area contributed by atoms with Gasteiger partial charge in [-0.15, -0.1) is 5.10 Å². The Labute approximate surface area is 97.7 Å². The standard InChI is InChI=1S/C11H10N4S/c1-8(7-12)16-11-13-10(14-15-11)9-5-3-2-4-6-9/h2-6,8H,1H3,(H,13,14,15)/t8-/m0/s1. The number of H-pyrrole nitrogens is 1. The number of hydrogen-bond donors (Lipinski definition) is 1. The Hall–Kier alpha value is -1.80. The largest absolute Gasteiger partial charge is 0.258 e. The Morgan fingerprint density at radius 3 is 2.81 bits per heavy atom. The monoisotopic (exact) mass is 230 g/mol. The molecule has 0 aliphatic heterocycles. The molecule has 4 nitrogen and oxygen atoms in total. The average Bonchev–Trinajstić information content (AvgIpc) is 2.78. The molecule has 1 aromatic carbocycles. The molecule has 1 aromatic heterocycles. The van der Waals surface area contributed by atoms with E-state index in [0.29, 0.717) is 5.16 Å². The molecule has 5 heteroatoms. The second-order valence-corrected chi connectivity index (χ2v) is 4.53. The normalized spacial score (nSPS) is 12.0. The molecule has 1 N–H and O–H groups in total. The van der Waals surface area contributed by atoms with Crippen molar-refractivity contribution in [2.75, 3.05) is 0 Å². The van der Waals surface area contributed by atoms with Gasteiger partial charge >= 0.3 is 0 Å². The van der Waals surface area contributed by atoms with Crippen LogP contribution in [0.4, 0.5) is 0 Å². The molecular formula is C11H10N4S. The van der Waals surface area contributed by atoms with Gasteiger partial charge in [-0.3, -0.25) is 5.10 Å². The molecule has 0 spiro atoms. The molecule has 2 rings (SSSR count). The van der Waals surface area contributed by atoms with Gasteiger partial charge in [0.1, 0.15) is 0 Å². The number of nitrogens with zero attached hydrogens (tertiary/aromatic N) is 3. The minimum atomic E-state index is -0.139. The zero-order valence-corrected chi connectivity index (χ0v) is 9.53. The van der Waals surface area contributed by atoms with Crippen LogP contribution in [0, 0.1) is 11.3 Å². The number of aromatic nitrogens is 3. The maximum absolute atomic E-state index is 8.68. The minimum Gasteiger partial charge on any atom is -0.258 e. The molecule has 0 aliphatic carbocycles. The van der Waals surface area contributed by atoms with Crippen LogP contribution in [0.2, 0.25) is 0 Å². The van der Waals surface area contributed by atoms with E-state index >= 15 is 0 Å². The predicted octanol–water partition coefficient (Wildman–Crippen LogP) is 2.48. The third-order valence-corrected chi connectivity index (χ3v) is 2.83. The average molecular weight is 230 g/mol. The van der Waals surface area contributed by atoms with Crippen LogP contribution in [0.3, 0.4) is 0 Å². The van der Waals surface area contributed by atoms with Gasteiger partial charge in [0, 0.05) is 5.56 Å². The van der Waals surface area contributed by atoms with E-state index in [2.05, 4.69) is 21.3 Å². The topological polar surface area (TPSA) is 65.4 Å². The first-order chi connectivity index (χ1) is 7.79. The third kappa shape index (κ3) is 2.41. The van der Waals surface area contributed by atoms with Gasteiger partial charge in [-0.1, -0.05) is 42.1 Å². The van der Waals surface area contributed by atoms with Gasteiger partial charge in [-0.05, 0) is 6.92 Å². The van der Waals surface area contributed by atoms with Gasteiger partial charge in [0.25, 0.3) is 0 Å². The molecule has 1 atom stereocenters. The molecule has 0 unspecified atom stereocenters. The molecule has 0 saturated heterocycles. The first-order valence-electron chi connectivity index (χ1n) is 4.83. The summed E-state index contributed by atoms with van der Waals surface area (Å²) in [4.78, 5) is 4.31. The third-order valence-electron chi connectivity index (χ3n) is 1.98. The lowest BCUT2D eigenvalue weighted by Gasteiger charge is -1.95. The highest BCUT2D eigenvalue weighted by Crippen LogP contribution is 2.21. The Morgan fingerprint density at radius 1 is 1.38 bits per heavy atom. The molecule has 16 heavy (non-hydrogen) atoms. The van der Waals surface area contributed by atoms with Gasteiger partial charge in [0.05, 0.1) is 11.3 Å². The van der Waals surface area contributed by atoms with Crippen LogP contribution < -0.4 is 0 Å². The van der Waals surface area contributed by atoms with Crippen LogP contribution in [-0.2, 0) is 0 Å². The maximum Gasteiger partial charge on any atom is 0.210 e. The molecule has 80 valence electrons. The van der Waals surface area contributed by atoms with Crippen LogP contribution in [0.15, 0.2) is 35.5 Å². The fourth-order valence-corrected chi connectivity index (χ4v) is 1.82. The fourth-order valence-electron chi connectivity index (χ4n) is 1.21. The van der Waals surface area contributed by atoms with Crippen LogP contribution in [0.25, 0.3) is 11.4 Å². The van der Waals surface area contributed by atoms with Crippen molar-refractivity contribution >= 4 is 11.8 Å². The van der Waals surface area contributed by atoms with Gasteiger partial charge in [-0.2, -0.15) is 5.26 Å². The second-order valence-electron chi connectivity index (χ2n) is 3.22. The second kappa shape index (κ2) is 4.81. The van der Waals surface area contributed by atoms with Crippen LogP contribution in [-0.4, -0.2) is 20.4 Å². The first kappa shape index (κ1) is 10.7. The number of hydrogen-bond acceptors (Lipinski definition) is 4. The Bertz CT molecular complexity index is 500. The predicted molar refractivity (Wildman–Crippen MR) is 62.8 cm³/mol. The highest BCUT2D eigenvalue weighted by molar-refractivity contribution is 8.00. The Morgan fingerprint density at radius 2 is 2.12 bits per heavy atom. The van der Waals surface area contributed by atoms with E-state index in [1.807, 2.05) is 37.3 Å². The van der Waals surface area contributed by atoms with E-state index < -0.39 is 0 Å². The lowest BCUT2D eigenvalue weighted by molar-refractivity contribution is 0.969. The maximum atomic E-state index is 8.68. The molecule has 0 fully saturated rings. The molecule has 1 heterocycles. The molecule has 0 bridgehead atoms. The van der Waals surface area contributed by atoms with E-state index in [1.165, 1.54) is 11.8 Å². The van der Waals surface area contributed by atoms with Crippen molar-refractivity contribution in [3.8, 4) is 17.5 Å². The van der Waals surface area contributed by atoms with Crippen molar-refractivity contribution in [3.05, 3.63) is 30.3 Å².